The highest BCUT2D eigenvalue weighted by Gasteiger charge is 2.46. The van der Waals surface area contributed by atoms with Crippen LogP contribution in [0.25, 0.3) is 0 Å². The van der Waals surface area contributed by atoms with Gasteiger partial charge in [0.15, 0.2) is 0 Å². The number of ether oxygens (including phenoxy) is 1. The van der Waals surface area contributed by atoms with Crippen LogP contribution >= 0.6 is 0 Å². The van der Waals surface area contributed by atoms with E-state index in [0.717, 1.165) is 30.0 Å². The molecule has 7 nitrogen and oxygen atoms in total. The van der Waals surface area contributed by atoms with E-state index in [2.05, 4.69) is 57.9 Å². The number of aromatic amines is 1. The molecule has 188 valence electrons. The van der Waals surface area contributed by atoms with E-state index < -0.39 is 0 Å². The van der Waals surface area contributed by atoms with Gasteiger partial charge in [0.25, 0.3) is 0 Å². The summed E-state index contributed by atoms with van der Waals surface area (Å²) in [5.74, 6) is 1.03. The van der Waals surface area contributed by atoms with Gasteiger partial charge in [-0.3, -0.25) is 5.10 Å². The number of carbonyl (C=O) groups is 1. The predicted octanol–water partition coefficient (Wildman–Crippen LogP) is 6.04. The fourth-order valence-electron chi connectivity index (χ4n) is 5.83. The molecule has 6 rings (SSSR count). The molecule has 3 N–H and O–H groups in total. The molecule has 3 aromatic rings. The molecule has 2 aliphatic carbocycles. The molecule has 2 saturated carbocycles. The van der Waals surface area contributed by atoms with Gasteiger partial charge in [-0.05, 0) is 87.3 Å². The van der Waals surface area contributed by atoms with Crippen molar-refractivity contribution in [2.24, 2.45) is 0 Å². The minimum absolute atomic E-state index is 0.114. The minimum atomic E-state index is -0.120. The molecule has 0 radical (unpaired) electrons. The van der Waals surface area contributed by atoms with Crippen molar-refractivity contribution in [2.75, 3.05) is 16.8 Å². The molecule has 36 heavy (non-hydrogen) atoms. The maximum Gasteiger partial charge on any atom is 0.319 e. The maximum atomic E-state index is 12.4. The largest absolute Gasteiger partial charge is 0.494 e. The summed E-state index contributed by atoms with van der Waals surface area (Å²) >= 11 is 0. The number of benzene rings is 2. The number of amides is 2. The molecule has 1 aliphatic heterocycles. The van der Waals surface area contributed by atoms with E-state index in [1.165, 1.54) is 48.1 Å². The van der Waals surface area contributed by atoms with Gasteiger partial charge in [-0.2, -0.15) is 5.10 Å². The SMILES string of the molecule is CCOc1ccc2c(c1)N(C1CCC1)C(c1ccc(NC(=O)NC3CCC3)cc1)C2c1n[nH]cc1C. The molecule has 2 aromatic carbocycles. The number of hydrogen-bond donors (Lipinski definition) is 3. The Morgan fingerprint density at radius 2 is 1.89 bits per heavy atom. The summed E-state index contributed by atoms with van der Waals surface area (Å²) in [5, 5.41) is 13.9. The number of hydrogen-bond acceptors (Lipinski definition) is 4. The van der Waals surface area contributed by atoms with E-state index in [4.69, 9.17) is 9.84 Å². The van der Waals surface area contributed by atoms with Crippen LogP contribution in [0.1, 0.15) is 79.8 Å². The standard InChI is InChI=1S/C29H35N5O2/c1-3-36-23-14-15-24-25(16-23)34(22-8-5-9-22)28(26(24)27-18(2)17-30-33-27)19-10-12-21(13-11-19)32-29(35)31-20-6-4-7-20/h10-17,20,22,26,28H,3-9H2,1-2H3,(H,30,33)(H2,31,32,35). The number of urea groups is 1. The van der Waals surface area contributed by atoms with Crippen molar-refractivity contribution in [3.8, 4) is 5.75 Å². The van der Waals surface area contributed by atoms with Crippen molar-refractivity contribution in [1.82, 2.24) is 15.5 Å². The molecule has 0 saturated heterocycles. The van der Waals surface area contributed by atoms with Crippen LogP contribution in [0.3, 0.4) is 0 Å². The molecular formula is C29H35N5O2. The third-order valence-corrected chi connectivity index (χ3v) is 8.12. The highest BCUT2D eigenvalue weighted by Crippen LogP contribution is 2.55. The summed E-state index contributed by atoms with van der Waals surface area (Å²) in [7, 11) is 0. The summed E-state index contributed by atoms with van der Waals surface area (Å²) in [6.07, 6.45) is 8.99. The van der Waals surface area contributed by atoms with E-state index in [9.17, 15) is 4.79 Å². The van der Waals surface area contributed by atoms with Gasteiger partial charge in [-0.25, -0.2) is 4.79 Å². The molecule has 1 aromatic heterocycles. The van der Waals surface area contributed by atoms with Gasteiger partial charge in [0, 0.05) is 35.7 Å². The number of carbonyl (C=O) groups excluding carboxylic acids is 1. The zero-order valence-corrected chi connectivity index (χ0v) is 21.1. The lowest BCUT2D eigenvalue weighted by molar-refractivity contribution is 0.240. The maximum absolute atomic E-state index is 12.4. The van der Waals surface area contributed by atoms with E-state index in [-0.39, 0.29) is 18.0 Å². The average Bonchev–Trinajstić information content (AvgIpc) is 3.37. The Morgan fingerprint density at radius 3 is 2.50 bits per heavy atom. The summed E-state index contributed by atoms with van der Waals surface area (Å²) in [5.41, 5.74) is 6.86. The van der Waals surface area contributed by atoms with Crippen LogP contribution < -0.4 is 20.3 Å². The first-order chi connectivity index (χ1) is 17.6. The Kier molecular flexibility index (Phi) is 6.07. The van der Waals surface area contributed by atoms with Crippen molar-refractivity contribution < 1.29 is 9.53 Å². The number of fused-ring (bicyclic) bond motifs is 1. The zero-order chi connectivity index (χ0) is 24.6. The number of aryl methyl sites for hydroxylation is 1. The fourth-order valence-corrected chi connectivity index (χ4v) is 5.83. The van der Waals surface area contributed by atoms with Crippen molar-refractivity contribution in [3.05, 3.63) is 71.0 Å². The lowest BCUT2D eigenvalue weighted by Gasteiger charge is -2.42. The first kappa shape index (κ1) is 23.0. The van der Waals surface area contributed by atoms with Crippen LogP contribution in [-0.2, 0) is 0 Å². The van der Waals surface area contributed by atoms with Crippen molar-refractivity contribution >= 4 is 17.4 Å². The van der Waals surface area contributed by atoms with E-state index in [0.29, 0.717) is 18.7 Å². The normalized spacial score (nSPS) is 21.4. The minimum Gasteiger partial charge on any atom is -0.494 e. The average molecular weight is 486 g/mol. The number of aromatic nitrogens is 2. The van der Waals surface area contributed by atoms with Crippen LogP contribution in [0.2, 0.25) is 0 Å². The zero-order valence-electron chi connectivity index (χ0n) is 21.1. The Hall–Kier alpha value is -3.48. The lowest BCUT2D eigenvalue weighted by atomic mass is 9.84. The smallest absolute Gasteiger partial charge is 0.319 e. The second-order valence-corrected chi connectivity index (χ2v) is 10.4. The second kappa shape index (κ2) is 9.52. The van der Waals surface area contributed by atoms with Gasteiger partial charge in [-0.1, -0.05) is 18.2 Å². The highest BCUT2D eigenvalue weighted by molar-refractivity contribution is 5.89. The van der Waals surface area contributed by atoms with Crippen molar-refractivity contribution in [3.63, 3.8) is 0 Å². The van der Waals surface area contributed by atoms with Crippen LogP contribution in [0.5, 0.6) is 5.75 Å². The lowest BCUT2D eigenvalue weighted by Crippen LogP contribution is -2.42. The van der Waals surface area contributed by atoms with Gasteiger partial charge in [0.1, 0.15) is 5.75 Å². The van der Waals surface area contributed by atoms with Crippen LogP contribution in [-0.4, -0.2) is 34.9 Å². The molecule has 2 amide bonds. The molecule has 2 heterocycles. The Morgan fingerprint density at radius 1 is 1.11 bits per heavy atom. The summed E-state index contributed by atoms with van der Waals surface area (Å²) < 4.78 is 5.90. The third kappa shape index (κ3) is 4.10. The highest BCUT2D eigenvalue weighted by atomic mass is 16.5. The van der Waals surface area contributed by atoms with Crippen molar-refractivity contribution in [1.29, 1.82) is 0 Å². The van der Waals surface area contributed by atoms with Gasteiger partial charge >= 0.3 is 6.03 Å². The first-order valence-corrected chi connectivity index (χ1v) is 13.3. The summed E-state index contributed by atoms with van der Waals surface area (Å²) in [4.78, 5) is 15.0. The number of rotatable bonds is 7. The molecule has 0 bridgehead atoms. The molecule has 7 heteroatoms. The number of anilines is 2. The fraction of sp³-hybridized carbons (Fsp3) is 0.448. The van der Waals surface area contributed by atoms with Crippen LogP contribution in [0.4, 0.5) is 16.2 Å². The van der Waals surface area contributed by atoms with Crippen molar-refractivity contribution in [2.45, 2.75) is 76.4 Å². The monoisotopic (exact) mass is 485 g/mol. The Labute approximate surface area is 212 Å². The van der Waals surface area contributed by atoms with E-state index >= 15 is 0 Å². The van der Waals surface area contributed by atoms with Gasteiger partial charge in [0.05, 0.1) is 24.3 Å². The molecular weight excluding hydrogens is 450 g/mol. The summed E-state index contributed by atoms with van der Waals surface area (Å²) in [6.45, 7) is 4.80. The Balaban J connectivity index is 1.36. The molecule has 2 atom stereocenters. The van der Waals surface area contributed by atoms with Gasteiger partial charge < -0.3 is 20.3 Å². The third-order valence-electron chi connectivity index (χ3n) is 8.12. The number of nitrogens with one attached hydrogen (secondary N) is 3. The van der Waals surface area contributed by atoms with Gasteiger partial charge in [-0.15, -0.1) is 0 Å². The van der Waals surface area contributed by atoms with Crippen LogP contribution in [0.15, 0.2) is 48.7 Å². The number of H-pyrrole nitrogens is 1. The van der Waals surface area contributed by atoms with E-state index in [1.807, 2.05) is 25.3 Å². The molecule has 3 aliphatic rings. The predicted molar refractivity (Wildman–Crippen MR) is 142 cm³/mol. The van der Waals surface area contributed by atoms with Gasteiger partial charge in [0.2, 0.25) is 0 Å². The first-order valence-electron chi connectivity index (χ1n) is 13.3. The van der Waals surface area contributed by atoms with Crippen LogP contribution in [0, 0.1) is 6.92 Å². The topological polar surface area (TPSA) is 82.3 Å². The van der Waals surface area contributed by atoms with E-state index in [1.54, 1.807) is 0 Å². The quantitative estimate of drug-likeness (QED) is 0.381. The Bertz CT molecular complexity index is 1230. The molecule has 0 spiro atoms. The second-order valence-electron chi connectivity index (χ2n) is 10.4. The number of nitrogens with zero attached hydrogens (tertiary/aromatic N) is 2. The molecule has 2 fully saturated rings. The molecule has 2 unspecified atom stereocenters. The summed E-state index contributed by atoms with van der Waals surface area (Å²) in [6, 6.07) is 15.7.